The second-order valence-electron chi connectivity index (χ2n) is 6.87. The van der Waals surface area contributed by atoms with E-state index in [9.17, 15) is 14.7 Å². The lowest BCUT2D eigenvalue weighted by Gasteiger charge is -2.01. The number of hydrogen-bond acceptors (Lipinski definition) is 8. The topological polar surface area (TPSA) is 138 Å². The first kappa shape index (κ1) is 18.3. The smallest absolute Gasteiger partial charge is 0.348 e. The zero-order valence-corrected chi connectivity index (χ0v) is 16.6. The van der Waals surface area contributed by atoms with Crippen molar-refractivity contribution < 1.29 is 14.6 Å². The number of thiophene rings is 1. The summed E-state index contributed by atoms with van der Waals surface area (Å²) >= 11 is 1.28. The van der Waals surface area contributed by atoms with Gasteiger partial charge in [0.1, 0.15) is 10.6 Å². The Morgan fingerprint density at radius 1 is 1.40 bits per heavy atom. The monoisotopic (exact) mass is 424 g/mol. The number of nitrogens with one attached hydrogen (secondary N) is 2. The van der Waals surface area contributed by atoms with Crippen LogP contribution in [-0.2, 0) is 4.74 Å². The van der Waals surface area contributed by atoms with Crippen molar-refractivity contribution in [2.45, 2.75) is 18.9 Å². The van der Waals surface area contributed by atoms with E-state index >= 15 is 0 Å². The Labute approximate surface area is 172 Å². The summed E-state index contributed by atoms with van der Waals surface area (Å²) in [4.78, 5) is 37.9. The molecule has 4 aromatic rings. The first-order chi connectivity index (χ1) is 14.5. The molecule has 0 bridgehead atoms. The molecule has 0 saturated heterocycles. The van der Waals surface area contributed by atoms with Crippen LogP contribution < -0.4 is 16.4 Å². The van der Waals surface area contributed by atoms with E-state index in [1.54, 1.807) is 22.9 Å². The summed E-state index contributed by atoms with van der Waals surface area (Å²) in [6, 6.07) is 3.82. The largest absolute Gasteiger partial charge is 0.493 e. The minimum Gasteiger partial charge on any atom is -0.493 e. The molecule has 3 N–H and O–H groups in total. The number of esters is 1. The Kier molecular flexibility index (Phi) is 4.24. The molecule has 11 heteroatoms. The molecular weight excluding hydrogens is 408 g/mol. The van der Waals surface area contributed by atoms with E-state index < -0.39 is 11.7 Å². The number of methoxy groups -OCH3 is 1. The number of carbonyl (C=O) groups excluding carboxylic acids is 1. The van der Waals surface area contributed by atoms with Gasteiger partial charge in [-0.1, -0.05) is 0 Å². The lowest BCUT2D eigenvalue weighted by molar-refractivity contribution is 0.0606. The van der Waals surface area contributed by atoms with E-state index in [2.05, 4.69) is 15.1 Å². The SMILES string of the molecule is COC(=O)c1cc(-c2cc(=NC3CC3)n3ncc(=Cc4[nH]c(=O)[nH]c4O)c3n2)cs1. The molecule has 1 fully saturated rings. The van der Waals surface area contributed by atoms with Gasteiger partial charge in [0, 0.05) is 22.2 Å². The molecule has 0 aromatic carbocycles. The van der Waals surface area contributed by atoms with Crippen molar-refractivity contribution >= 4 is 29.0 Å². The Hall–Kier alpha value is -3.73. The number of hydrogen-bond donors (Lipinski definition) is 3. The minimum atomic E-state index is -0.512. The maximum atomic E-state index is 11.8. The second kappa shape index (κ2) is 6.95. The summed E-state index contributed by atoms with van der Waals surface area (Å²) in [6.45, 7) is 0. The predicted octanol–water partition coefficient (Wildman–Crippen LogP) is 0.577. The third-order valence-corrected chi connectivity index (χ3v) is 5.57. The van der Waals surface area contributed by atoms with Crippen LogP contribution in [0.3, 0.4) is 0 Å². The number of H-pyrrole nitrogens is 2. The highest BCUT2D eigenvalue weighted by Gasteiger charge is 2.21. The summed E-state index contributed by atoms with van der Waals surface area (Å²) in [6.07, 6.45) is 5.24. The molecule has 0 unspecified atom stereocenters. The number of ether oxygens (including phenoxy) is 1. The zero-order valence-electron chi connectivity index (χ0n) is 15.7. The molecule has 5 rings (SSSR count). The van der Waals surface area contributed by atoms with Gasteiger partial charge in [0.2, 0.25) is 5.88 Å². The number of aromatic nitrogens is 5. The molecule has 4 aromatic heterocycles. The second-order valence-corrected chi connectivity index (χ2v) is 7.78. The van der Waals surface area contributed by atoms with Crippen LogP contribution in [-0.4, -0.2) is 48.8 Å². The van der Waals surface area contributed by atoms with Gasteiger partial charge in [-0.05, 0) is 25.0 Å². The minimum absolute atomic E-state index is 0.228. The summed E-state index contributed by atoms with van der Waals surface area (Å²) in [5, 5.41) is 16.7. The fraction of sp³-hybridized carbons (Fsp3) is 0.211. The number of aromatic amines is 2. The normalized spacial score (nSPS) is 15.2. The van der Waals surface area contributed by atoms with Gasteiger partial charge in [-0.15, -0.1) is 11.3 Å². The van der Waals surface area contributed by atoms with Gasteiger partial charge < -0.3 is 14.8 Å². The molecule has 0 spiro atoms. The quantitative estimate of drug-likeness (QED) is 0.410. The molecule has 1 aliphatic carbocycles. The zero-order chi connectivity index (χ0) is 20.8. The van der Waals surface area contributed by atoms with E-state index in [1.165, 1.54) is 18.4 Å². The fourth-order valence-electron chi connectivity index (χ4n) is 3.02. The molecule has 10 nitrogen and oxygen atoms in total. The lowest BCUT2D eigenvalue weighted by Crippen LogP contribution is -2.19. The molecule has 4 heterocycles. The van der Waals surface area contributed by atoms with Crippen LogP contribution in [0.4, 0.5) is 0 Å². The molecule has 1 saturated carbocycles. The number of rotatable bonds is 4. The summed E-state index contributed by atoms with van der Waals surface area (Å²) in [5.74, 6) is -0.667. The number of imidazole rings is 1. The van der Waals surface area contributed by atoms with Crippen LogP contribution in [0.15, 0.2) is 33.5 Å². The summed E-state index contributed by atoms with van der Waals surface area (Å²) < 4.78 is 6.41. The number of carbonyl (C=O) groups is 1. The molecule has 0 aliphatic heterocycles. The van der Waals surface area contributed by atoms with Crippen molar-refractivity contribution in [1.82, 2.24) is 24.6 Å². The van der Waals surface area contributed by atoms with Crippen molar-refractivity contribution in [3.8, 4) is 17.1 Å². The number of fused-ring (bicyclic) bond motifs is 1. The first-order valence-corrected chi connectivity index (χ1v) is 10.0. The van der Waals surface area contributed by atoms with Gasteiger partial charge in [-0.25, -0.2) is 14.6 Å². The Morgan fingerprint density at radius 2 is 2.23 bits per heavy atom. The first-order valence-electron chi connectivity index (χ1n) is 9.14. The molecule has 152 valence electrons. The molecule has 1 aliphatic rings. The molecule has 30 heavy (non-hydrogen) atoms. The van der Waals surface area contributed by atoms with E-state index in [-0.39, 0.29) is 17.6 Å². The van der Waals surface area contributed by atoms with Crippen LogP contribution in [0.5, 0.6) is 5.88 Å². The Balaban J connectivity index is 1.72. The van der Waals surface area contributed by atoms with Gasteiger partial charge in [0.15, 0.2) is 11.1 Å². The van der Waals surface area contributed by atoms with Gasteiger partial charge >= 0.3 is 11.7 Å². The van der Waals surface area contributed by atoms with Crippen molar-refractivity contribution in [3.63, 3.8) is 0 Å². The van der Waals surface area contributed by atoms with Crippen LogP contribution in [0, 0.1) is 0 Å². The van der Waals surface area contributed by atoms with E-state index in [0.717, 1.165) is 18.4 Å². The predicted molar refractivity (Wildman–Crippen MR) is 108 cm³/mol. The Morgan fingerprint density at radius 3 is 2.93 bits per heavy atom. The molecular formula is C19H16N6O4S. The molecule has 0 amide bonds. The van der Waals surface area contributed by atoms with Crippen molar-refractivity contribution in [2.24, 2.45) is 4.99 Å². The summed E-state index contributed by atoms with van der Waals surface area (Å²) in [7, 11) is 1.34. The number of aromatic hydroxyl groups is 1. The Bertz CT molecular complexity index is 1460. The van der Waals surface area contributed by atoms with Crippen molar-refractivity contribution in [2.75, 3.05) is 7.11 Å². The average Bonchev–Trinajstić information content (AvgIpc) is 3.12. The highest BCUT2D eigenvalue weighted by atomic mass is 32.1. The van der Waals surface area contributed by atoms with E-state index in [1.807, 2.05) is 11.4 Å². The van der Waals surface area contributed by atoms with Gasteiger partial charge in [-0.2, -0.15) is 9.61 Å². The third kappa shape index (κ3) is 3.28. The van der Waals surface area contributed by atoms with Crippen molar-refractivity contribution in [1.29, 1.82) is 0 Å². The van der Waals surface area contributed by atoms with Crippen molar-refractivity contribution in [3.05, 3.63) is 55.5 Å². The maximum Gasteiger partial charge on any atom is 0.348 e. The van der Waals surface area contributed by atoms with Crippen LogP contribution >= 0.6 is 11.3 Å². The fourth-order valence-corrected chi connectivity index (χ4v) is 3.84. The highest BCUT2D eigenvalue weighted by molar-refractivity contribution is 7.12. The van der Waals surface area contributed by atoms with Gasteiger partial charge in [-0.3, -0.25) is 9.98 Å². The van der Waals surface area contributed by atoms with Gasteiger partial charge in [0.05, 0.1) is 25.0 Å². The molecule has 0 radical (unpaired) electrons. The van der Waals surface area contributed by atoms with E-state index in [0.29, 0.717) is 26.9 Å². The third-order valence-electron chi connectivity index (χ3n) is 4.66. The average molecular weight is 424 g/mol. The highest BCUT2D eigenvalue weighted by Crippen LogP contribution is 2.25. The van der Waals surface area contributed by atoms with Crippen LogP contribution in [0.2, 0.25) is 0 Å². The summed E-state index contributed by atoms with van der Waals surface area (Å²) in [5.41, 5.74) is 2.28. The molecule has 0 atom stereocenters. The van der Waals surface area contributed by atoms with Crippen LogP contribution in [0.1, 0.15) is 28.2 Å². The standard InChI is InChI=1S/C19H16N6O4S/c1-29-18(27)14-5-10(8-30-14)12-6-15(21-11-2-3-11)25-16(22-12)9(7-20-25)4-13-17(26)24-19(28)23-13/h4-8,11,26H,2-3H2,1H3,(H2,23,24,28). The number of nitrogens with zero attached hydrogens (tertiary/aromatic N) is 4. The van der Waals surface area contributed by atoms with Gasteiger partial charge in [0.25, 0.3) is 0 Å². The lowest BCUT2D eigenvalue weighted by atomic mass is 10.2. The maximum absolute atomic E-state index is 11.8. The van der Waals surface area contributed by atoms with E-state index in [4.69, 9.17) is 14.7 Å². The van der Waals surface area contributed by atoms with Crippen LogP contribution in [0.25, 0.3) is 23.0 Å².